The topological polar surface area (TPSA) is 26.0 Å². The summed E-state index contributed by atoms with van der Waals surface area (Å²) >= 11 is 1.67. The molecule has 0 aliphatic rings. The first-order valence-corrected chi connectivity index (χ1v) is 5.55. The first-order chi connectivity index (χ1) is 6.15. The van der Waals surface area contributed by atoms with E-state index < -0.39 is 0 Å². The van der Waals surface area contributed by atoms with Crippen LogP contribution in [0.3, 0.4) is 0 Å². The maximum atomic E-state index is 12.9. The molecule has 0 aromatic heterocycles. The van der Waals surface area contributed by atoms with Gasteiger partial charge in [-0.3, -0.25) is 0 Å². The fourth-order valence-corrected chi connectivity index (χ4v) is 1.82. The summed E-state index contributed by atoms with van der Waals surface area (Å²) in [5.41, 5.74) is 7.86. The van der Waals surface area contributed by atoms with E-state index in [1.807, 2.05) is 13.2 Å². The van der Waals surface area contributed by atoms with Gasteiger partial charge in [0.05, 0.1) is 0 Å². The van der Waals surface area contributed by atoms with Crippen molar-refractivity contribution in [3.8, 4) is 0 Å². The molecular weight excluding hydrogens is 185 g/mol. The predicted molar refractivity (Wildman–Crippen MR) is 56.4 cm³/mol. The van der Waals surface area contributed by atoms with Crippen LogP contribution in [0.1, 0.15) is 17.2 Å². The van der Waals surface area contributed by atoms with Crippen LogP contribution in [0.15, 0.2) is 18.2 Å². The van der Waals surface area contributed by atoms with E-state index >= 15 is 0 Å². The van der Waals surface area contributed by atoms with Crippen LogP contribution in [-0.4, -0.2) is 12.0 Å². The van der Waals surface area contributed by atoms with Crippen LogP contribution in [0.25, 0.3) is 0 Å². The standard InChI is InChI=1S/C10H14FNS/c1-7-3-4-8(11)5-9(7)10(12)6-13-2/h3-5,10H,6,12H2,1-2H3. The van der Waals surface area contributed by atoms with Gasteiger partial charge >= 0.3 is 0 Å². The lowest BCUT2D eigenvalue weighted by Crippen LogP contribution is -2.14. The largest absolute Gasteiger partial charge is 0.323 e. The molecule has 0 radical (unpaired) electrons. The van der Waals surface area contributed by atoms with Crippen LogP contribution < -0.4 is 5.73 Å². The minimum absolute atomic E-state index is 0.0642. The Morgan fingerprint density at radius 1 is 1.54 bits per heavy atom. The number of hydrogen-bond donors (Lipinski definition) is 1. The van der Waals surface area contributed by atoms with Gasteiger partial charge in [0.2, 0.25) is 0 Å². The minimum atomic E-state index is -0.211. The summed E-state index contributed by atoms with van der Waals surface area (Å²) in [4.78, 5) is 0. The van der Waals surface area contributed by atoms with Crippen molar-refractivity contribution in [2.45, 2.75) is 13.0 Å². The minimum Gasteiger partial charge on any atom is -0.323 e. The van der Waals surface area contributed by atoms with Crippen molar-refractivity contribution in [2.24, 2.45) is 5.73 Å². The third kappa shape index (κ3) is 2.71. The summed E-state index contributed by atoms with van der Waals surface area (Å²) in [5, 5.41) is 0. The van der Waals surface area contributed by atoms with E-state index in [1.165, 1.54) is 12.1 Å². The molecule has 1 unspecified atom stereocenters. The van der Waals surface area contributed by atoms with Crippen LogP contribution in [0.4, 0.5) is 4.39 Å². The molecule has 13 heavy (non-hydrogen) atoms. The maximum absolute atomic E-state index is 12.9. The molecule has 0 saturated heterocycles. The van der Waals surface area contributed by atoms with E-state index in [4.69, 9.17) is 5.73 Å². The smallest absolute Gasteiger partial charge is 0.123 e. The Hall–Kier alpha value is -0.540. The Bertz CT molecular complexity index is 288. The number of halogens is 1. The monoisotopic (exact) mass is 199 g/mol. The quantitative estimate of drug-likeness (QED) is 0.809. The Morgan fingerprint density at radius 2 is 2.23 bits per heavy atom. The summed E-state index contributed by atoms with van der Waals surface area (Å²) in [6.45, 7) is 1.95. The van der Waals surface area contributed by atoms with E-state index in [9.17, 15) is 4.39 Å². The lowest BCUT2D eigenvalue weighted by Gasteiger charge is -2.13. The zero-order valence-electron chi connectivity index (χ0n) is 7.88. The fraction of sp³-hybridized carbons (Fsp3) is 0.400. The van der Waals surface area contributed by atoms with Crippen LogP contribution in [0.5, 0.6) is 0 Å². The van der Waals surface area contributed by atoms with Gasteiger partial charge in [-0.25, -0.2) is 4.39 Å². The Labute approximate surface area is 82.5 Å². The van der Waals surface area contributed by atoms with Gasteiger partial charge in [-0.2, -0.15) is 11.8 Å². The van der Waals surface area contributed by atoms with Crippen molar-refractivity contribution in [1.29, 1.82) is 0 Å². The lowest BCUT2D eigenvalue weighted by atomic mass is 10.0. The van der Waals surface area contributed by atoms with E-state index in [-0.39, 0.29) is 11.9 Å². The molecule has 0 fully saturated rings. The van der Waals surface area contributed by atoms with Crippen molar-refractivity contribution in [2.75, 3.05) is 12.0 Å². The van der Waals surface area contributed by atoms with Crippen molar-refractivity contribution in [3.05, 3.63) is 35.1 Å². The average Bonchev–Trinajstić information content (AvgIpc) is 2.09. The Morgan fingerprint density at radius 3 is 2.85 bits per heavy atom. The highest BCUT2D eigenvalue weighted by molar-refractivity contribution is 7.98. The summed E-state index contributed by atoms with van der Waals surface area (Å²) < 4.78 is 12.9. The zero-order valence-corrected chi connectivity index (χ0v) is 8.70. The van der Waals surface area contributed by atoms with E-state index in [0.29, 0.717) is 0 Å². The molecule has 1 atom stereocenters. The second-order valence-electron chi connectivity index (χ2n) is 3.06. The summed E-state index contributed by atoms with van der Waals surface area (Å²) in [6, 6.07) is 4.69. The van der Waals surface area contributed by atoms with Gasteiger partial charge in [-0.1, -0.05) is 6.07 Å². The van der Waals surface area contributed by atoms with Gasteiger partial charge < -0.3 is 5.73 Å². The predicted octanol–water partition coefficient (Wildman–Crippen LogP) is 2.50. The lowest BCUT2D eigenvalue weighted by molar-refractivity contribution is 0.621. The number of thioether (sulfide) groups is 1. The molecule has 3 heteroatoms. The van der Waals surface area contributed by atoms with Crippen LogP contribution in [-0.2, 0) is 0 Å². The molecule has 0 aliphatic carbocycles. The number of nitrogens with two attached hydrogens (primary N) is 1. The summed E-state index contributed by atoms with van der Waals surface area (Å²) in [6.07, 6.45) is 1.99. The highest BCUT2D eigenvalue weighted by Gasteiger charge is 2.08. The average molecular weight is 199 g/mol. The highest BCUT2D eigenvalue weighted by Crippen LogP contribution is 2.19. The molecule has 1 aromatic carbocycles. The van der Waals surface area contributed by atoms with Gasteiger partial charge in [-0.15, -0.1) is 0 Å². The van der Waals surface area contributed by atoms with E-state index in [0.717, 1.165) is 16.9 Å². The SMILES string of the molecule is CSCC(N)c1cc(F)ccc1C. The highest BCUT2D eigenvalue weighted by atomic mass is 32.2. The van der Waals surface area contributed by atoms with E-state index in [1.54, 1.807) is 17.8 Å². The molecule has 72 valence electrons. The van der Waals surface area contributed by atoms with Gasteiger partial charge in [-0.05, 0) is 36.4 Å². The van der Waals surface area contributed by atoms with E-state index in [2.05, 4.69) is 0 Å². The van der Waals surface area contributed by atoms with Crippen molar-refractivity contribution in [3.63, 3.8) is 0 Å². The molecule has 0 heterocycles. The molecular formula is C10H14FNS. The Kier molecular flexibility index (Phi) is 3.75. The number of benzene rings is 1. The van der Waals surface area contributed by atoms with Crippen molar-refractivity contribution >= 4 is 11.8 Å². The maximum Gasteiger partial charge on any atom is 0.123 e. The second-order valence-corrected chi connectivity index (χ2v) is 3.97. The van der Waals surface area contributed by atoms with Crippen molar-refractivity contribution < 1.29 is 4.39 Å². The molecule has 1 rings (SSSR count). The number of rotatable bonds is 3. The first kappa shape index (κ1) is 10.5. The van der Waals surface area contributed by atoms with Gasteiger partial charge in [0, 0.05) is 11.8 Å². The molecule has 0 spiro atoms. The third-order valence-corrected chi connectivity index (χ3v) is 2.68. The molecule has 0 saturated carbocycles. The molecule has 1 nitrogen and oxygen atoms in total. The van der Waals surface area contributed by atoms with Gasteiger partial charge in [0.25, 0.3) is 0 Å². The van der Waals surface area contributed by atoms with Gasteiger partial charge in [0.1, 0.15) is 5.82 Å². The van der Waals surface area contributed by atoms with Crippen molar-refractivity contribution in [1.82, 2.24) is 0 Å². The van der Waals surface area contributed by atoms with Crippen LogP contribution in [0, 0.1) is 12.7 Å². The third-order valence-electron chi connectivity index (χ3n) is 1.99. The molecule has 0 aliphatic heterocycles. The first-order valence-electron chi connectivity index (χ1n) is 4.15. The number of aryl methyl sites for hydroxylation is 1. The zero-order chi connectivity index (χ0) is 9.84. The van der Waals surface area contributed by atoms with Gasteiger partial charge in [0.15, 0.2) is 0 Å². The molecule has 0 amide bonds. The normalized spacial score (nSPS) is 12.9. The van der Waals surface area contributed by atoms with Crippen LogP contribution >= 0.6 is 11.8 Å². The molecule has 1 aromatic rings. The van der Waals surface area contributed by atoms with Crippen LogP contribution in [0.2, 0.25) is 0 Å². The summed E-state index contributed by atoms with van der Waals surface area (Å²) in [7, 11) is 0. The molecule has 0 bridgehead atoms. The Balaban J connectivity index is 2.91. The summed E-state index contributed by atoms with van der Waals surface area (Å²) in [5.74, 6) is 0.613. The second kappa shape index (κ2) is 4.63. The fourth-order valence-electron chi connectivity index (χ4n) is 1.28. The molecule has 2 N–H and O–H groups in total. The number of hydrogen-bond acceptors (Lipinski definition) is 2.